The molecule has 0 bridgehead atoms. The van der Waals surface area contributed by atoms with Crippen molar-refractivity contribution in [1.29, 1.82) is 0 Å². The first-order valence-corrected chi connectivity index (χ1v) is 4.94. The fraction of sp³-hybridized carbons (Fsp3) is 0.600. The number of nitrogens with one attached hydrogen (secondary N) is 1. The van der Waals surface area contributed by atoms with Gasteiger partial charge in [0.1, 0.15) is 5.69 Å². The predicted octanol–water partition coefficient (Wildman–Crippen LogP) is 0.167. The molecule has 5 nitrogen and oxygen atoms in total. The molecule has 5 heteroatoms. The third kappa shape index (κ3) is 2.79. The van der Waals surface area contributed by atoms with E-state index in [-0.39, 0.29) is 24.5 Å². The Kier molecular flexibility index (Phi) is 3.85. The number of imidazole rings is 1. The SMILES string of the molecule is CC(CO)C(C)NC(=O)c1cncn1C. The van der Waals surface area contributed by atoms with Gasteiger partial charge in [-0.2, -0.15) is 0 Å². The Morgan fingerprint density at radius 3 is 2.80 bits per heavy atom. The van der Waals surface area contributed by atoms with Crippen molar-refractivity contribution in [2.45, 2.75) is 19.9 Å². The quantitative estimate of drug-likeness (QED) is 0.746. The molecule has 0 fully saturated rings. The van der Waals surface area contributed by atoms with E-state index in [4.69, 9.17) is 5.11 Å². The first kappa shape index (κ1) is 11.7. The minimum Gasteiger partial charge on any atom is -0.396 e. The van der Waals surface area contributed by atoms with E-state index in [9.17, 15) is 4.79 Å². The van der Waals surface area contributed by atoms with Gasteiger partial charge < -0.3 is 15.0 Å². The maximum absolute atomic E-state index is 11.7. The van der Waals surface area contributed by atoms with Crippen LogP contribution in [0, 0.1) is 5.92 Å². The van der Waals surface area contributed by atoms with E-state index in [0.29, 0.717) is 5.69 Å². The van der Waals surface area contributed by atoms with E-state index >= 15 is 0 Å². The fourth-order valence-corrected chi connectivity index (χ4v) is 1.16. The third-order valence-electron chi connectivity index (χ3n) is 2.55. The average Bonchev–Trinajstić information content (AvgIpc) is 2.63. The summed E-state index contributed by atoms with van der Waals surface area (Å²) in [5.74, 6) is -0.120. The molecular formula is C10H17N3O2. The zero-order chi connectivity index (χ0) is 11.4. The Morgan fingerprint density at radius 1 is 1.67 bits per heavy atom. The molecule has 0 aliphatic heterocycles. The second-order valence-electron chi connectivity index (χ2n) is 3.81. The van der Waals surface area contributed by atoms with E-state index in [2.05, 4.69) is 10.3 Å². The molecule has 0 saturated heterocycles. The highest BCUT2D eigenvalue weighted by molar-refractivity contribution is 5.92. The van der Waals surface area contributed by atoms with Gasteiger partial charge in [0, 0.05) is 19.7 Å². The molecule has 1 rings (SSSR count). The van der Waals surface area contributed by atoms with Crippen LogP contribution < -0.4 is 5.32 Å². The van der Waals surface area contributed by atoms with Gasteiger partial charge in [0.2, 0.25) is 0 Å². The van der Waals surface area contributed by atoms with E-state index in [0.717, 1.165) is 0 Å². The molecule has 0 aromatic carbocycles. The number of hydrogen-bond acceptors (Lipinski definition) is 3. The zero-order valence-corrected chi connectivity index (χ0v) is 9.27. The lowest BCUT2D eigenvalue weighted by atomic mass is 10.1. The van der Waals surface area contributed by atoms with Gasteiger partial charge in [-0.05, 0) is 12.8 Å². The summed E-state index contributed by atoms with van der Waals surface area (Å²) in [6.45, 7) is 3.82. The molecule has 0 spiro atoms. The van der Waals surface area contributed by atoms with Crippen molar-refractivity contribution in [3.8, 4) is 0 Å². The summed E-state index contributed by atoms with van der Waals surface area (Å²) in [5.41, 5.74) is 0.520. The molecule has 0 radical (unpaired) electrons. The Bertz CT molecular complexity index is 335. The standard InChI is InChI=1S/C10H17N3O2/c1-7(5-14)8(2)12-10(15)9-4-11-6-13(9)3/h4,6-8,14H,5H2,1-3H3,(H,12,15). The monoisotopic (exact) mass is 211 g/mol. The minimum atomic E-state index is -0.164. The maximum Gasteiger partial charge on any atom is 0.269 e. The average molecular weight is 211 g/mol. The minimum absolute atomic E-state index is 0.0437. The van der Waals surface area contributed by atoms with Crippen LogP contribution in [0.25, 0.3) is 0 Å². The van der Waals surface area contributed by atoms with E-state index < -0.39 is 0 Å². The summed E-state index contributed by atoms with van der Waals surface area (Å²) in [6, 6.07) is -0.0580. The summed E-state index contributed by atoms with van der Waals surface area (Å²) in [7, 11) is 1.77. The Balaban J connectivity index is 2.60. The summed E-state index contributed by atoms with van der Waals surface area (Å²) < 4.78 is 1.66. The van der Waals surface area contributed by atoms with E-state index in [1.165, 1.54) is 6.20 Å². The number of hydrogen-bond donors (Lipinski definition) is 2. The van der Waals surface area contributed by atoms with Crippen molar-refractivity contribution in [2.75, 3.05) is 6.61 Å². The number of amides is 1. The van der Waals surface area contributed by atoms with Crippen LogP contribution in [0.2, 0.25) is 0 Å². The lowest BCUT2D eigenvalue weighted by Crippen LogP contribution is -2.39. The number of aromatic nitrogens is 2. The highest BCUT2D eigenvalue weighted by atomic mass is 16.3. The van der Waals surface area contributed by atoms with Crippen LogP contribution in [0.15, 0.2) is 12.5 Å². The highest BCUT2D eigenvalue weighted by Gasteiger charge is 2.16. The molecule has 2 N–H and O–H groups in total. The van der Waals surface area contributed by atoms with Gasteiger partial charge in [0.25, 0.3) is 5.91 Å². The van der Waals surface area contributed by atoms with Crippen LogP contribution in [0.5, 0.6) is 0 Å². The third-order valence-corrected chi connectivity index (χ3v) is 2.55. The van der Waals surface area contributed by atoms with Crippen molar-refractivity contribution in [1.82, 2.24) is 14.9 Å². The molecule has 2 atom stereocenters. The van der Waals surface area contributed by atoms with Crippen molar-refractivity contribution in [3.05, 3.63) is 18.2 Å². The summed E-state index contributed by atoms with van der Waals surface area (Å²) in [4.78, 5) is 15.6. The first-order valence-electron chi connectivity index (χ1n) is 4.94. The number of carbonyl (C=O) groups is 1. The molecular weight excluding hydrogens is 194 g/mol. The maximum atomic E-state index is 11.7. The first-order chi connectivity index (χ1) is 7.06. The van der Waals surface area contributed by atoms with Crippen molar-refractivity contribution in [3.63, 3.8) is 0 Å². The van der Waals surface area contributed by atoms with Crippen LogP contribution in [0.3, 0.4) is 0 Å². The van der Waals surface area contributed by atoms with Crippen LogP contribution in [0.1, 0.15) is 24.3 Å². The fourth-order valence-electron chi connectivity index (χ4n) is 1.16. The van der Waals surface area contributed by atoms with E-state index in [1.807, 2.05) is 13.8 Å². The van der Waals surface area contributed by atoms with E-state index in [1.54, 1.807) is 17.9 Å². The van der Waals surface area contributed by atoms with Gasteiger partial charge in [0.05, 0.1) is 12.5 Å². The van der Waals surface area contributed by atoms with Crippen LogP contribution in [-0.4, -0.2) is 33.2 Å². The van der Waals surface area contributed by atoms with Gasteiger partial charge in [-0.15, -0.1) is 0 Å². The number of aryl methyl sites for hydroxylation is 1. The molecule has 15 heavy (non-hydrogen) atoms. The van der Waals surface area contributed by atoms with Crippen LogP contribution in [0.4, 0.5) is 0 Å². The molecule has 1 heterocycles. The summed E-state index contributed by atoms with van der Waals surface area (Å²) in [5, 5.41) is 11.7. The number of carbonyl (C=O) groups excluding carboxylic acids is 1. The summed E-state index contributed by atoms with van der Waals surface area (Å²) >= 11 is 0. The van der Waals surface area contributed by atoms with Crippen molar-refractivity contribution < 1.29 is 9.90 Å². The second-order valence-corrected chi connectivity index (χ2v) is 3.81. The Hall–Kier alpha value is -1.36. The smallest absolute Gasteiger partial charge is 0.269 e. The molecule has 2 unspecified atom stereocenters. The molecule has 1 amide bonds. The summed E-state index contributed by atoms with van der Waals surface area (Å²) in [6.07, 6.45) is 3.10. The Morgan fingerprint density at radius 2 is 2.33 bits per heavy atom. The molecule has 84 valence electrons. The molecule has 0 aliphatic rings. The zero-order valence-electron chi connectivity index (χ0n) is 9.27. The molecule has 0 aliphatic carbocycles. The normalized spacial score (nSPS) is 14.7. The number of rotatable bonds is 4. The molecule has 1 aromatic rings. The van der Waals surface area contributed by atoms with Gasteiger partial charge in [-0.1, -0.05) is 6.92 Å². The van der Waals surface area contributed by atoms with Crippen LogP contribution in [-0.2, 0) is 7.05 Å². The Labute approximate surface area is 89.1 Å². The largest absolute Gasteiger partial charge is 0.396 e. The number of aliphatic hydroxyl groups excluding tert-OH is 1. The second kappa shape index (κ2) is 4.93. The van der Waals surface area contributed by atoms with Crippen molar-refractivity contribution in [2.24, 2.45) is 13.0 Å². The number of nitrogens with zero attached hydrogens (tertiary/aromatic N) is 2. The topological polar surface area (TPSA) is 67.2 Å². The van der Waals surface area contributed by atoms with Crippen molar-refractivity contribution >= 4 is 5.91 Å². The van der Waals surface area contributed by atoms with Gasteiger partial charge in [-0.25, -0.2) is 4.98 Å². The van der Waals surface area contributed by atoms with Gasteiger partial charge >= 0.3 is 0 Å². The van der Waals surface area contributed by atoms with Gasteiger partial charge in [-0.3, -0.25) is 4.79 Å². The predicted molar refractivity (Wildman–Crippen MR) is 56.4 cm³/mol. The molecule has 0 saturated carbocycles. The highest BCUT2D eigenvalue weighted by Crippen LogP contribution is 2.03. The lowest BCUT2D eigenvalue weighted by molar-refractivity contribution is 0.0908. The lowest BCUT2D eigenvalue weighted by Gasteiger charge is -2.19. The van der Waals surface area contributed by atoms with Crippen LogP contribution >= 0.6 is 0 Å². The molecule has 1 aromatic heterocycles. The van der Waals surface area contributed by atoms with Gasteiger partial charge in [0.15, 0.2) is 0 Å². The number of aliphatic hydroxyl groups is 1.